The van der Waals surface area contributed by atoms with E-state index in [1.807, 2.05) is 12.1 Å². The summed E-state index contributed by atoms with van der Waals surface area (Å²) in [5.41, 5.74) is 0.821. The van der Waals surface area contributed by atoms with Crippen LogP contribution in [0.2, 0.25) is 0 Å². The monoisotopic (exact) mass is 524 g/mol. The number of nitrogens with one attached hydrogen (secondary N) is 3. The number of amides is 2. The molecule has 0 bridgehead atoms. The molecule has 3 N–H and O–H groups in total. The molecule has 0 spiro atoms. The molecule has 2 fully saturated rings. The summed E-state index contributed by atoms with van der Waals surface area (Å²) in [6, 6.07) is 6.32. The minimum Gasteiger partial charge on any atom is -0.368 e. The van der Waals surface area contributed by atoms with E-state index in [0.29, 0.717) is 54.9 Å². The van der Waals surface area contributed by atoms with E-state index in [9.17, 15) is 14.0 Å². The predicted molar refractivity (Wildman–Crippen MR) is 137 cm³/mol. The first kappa shape index (κ1) is 25.2. The van der Waals surface area contributed by atoms with Crippen molar-refractivity contribution in [2.75, 3.05) is 31.5 Å². The van der Waals surface area contributed by atoms with Crippen LogP contribution in [-0.2, 0) is 21.5 Å². The first-order valence-electron chi connectivity index (χ1n) is 12.3. The molecule has 12 heteroatoms. The molecule has 5 rings (SSSR count). The molecule has 1 aliphatic heterocycles. The van der Waals surface area contributed by atoms with E-state index in [1.54, 1.807) is 23.4 Å². The second kappa shape index (κ2) is 10.9. The van der Waals surface area contributed by atoms with Gasteiger partial charge in [0, 0.05) is 55.8 Å². The molecular formula is C25H29FN8O2S. The molecule has 37 heavy (non-hydrogen) atoms. The van der Waals surface area contributed by atoms with E-state index >= 15 is 0 Å². The van der Waals surface area contributed by atoms with Crippen LogP contribution in [0.3, 0.4) is 0 Å². The van der Waals surface area contributed by atoms with Crippen molar-refractivity contribution >= 4 is 29.0 Å². The van der Waals surface area contributed by atoms with Crippen molar-refractivity contribution in [2.45, 2.75) is 44.2 Å². The van der Waals surface area contributed by atoms with Crippen LogP contribution in [0.4, 0.5) is 10.2 Å². The normalized spacial score (nSPS) is 18.6. The van der Waals surface area contributed by atoms with Crippen LogP contribution in [0.1, 0.15) is 36.8 Å². The van der Waals surface area contributed by atoms with Crippen molar-refractivity contribution in [1.29, 1.82) is 0 Å². The Balaban J connectivity index is 1.15. The lowest BCUT2D eigenvalue weighted by molar-refractivity contribution is -0.132. The van der Waals surface area contributed by atoms with Crippen LogP contribution < -0.4 is 16.0 Å². The summed E-state index contributed by atoms with van der Waals surface area (Å²) in [6.45, 7) is 3.95. The molecule has 2 amide bonds. The fourth-order valence-electron chi connectivity index (χ4n) is 4.69. The Labute approximate surface area is 218 Å². The van der Waals surface area contributed by atoms with Crippen molar-refractivity contribution in [3.63, 3.8) is 0 Å². The van der Waals surface area contributed by atoms with Gasteiger partial charge in [-0.2, -0.15) is 0 Å². The number of rotatable bonds is 8. The molecular weight excluding hydrogens is 495 g/mol. The molecule has 1 saturated carbocycles. The Kier molecular flexibility index (Phi) is 7.38. The molecule has 1 saturated heterocycles. The number of pyridine rings is 1. The van der Waals surface area contributed by atoms with Crippen LogP contribution in [0.25, 0.3) is 10.7 Å². The molecule has 3 aromatic heterocycles. The third-order valence-electron chi connectivity index (χ3n) is 6.99. The number of halogens is 1. The summed E-state index contributed by atoms with van der Waals surface area (Å²) >= 11 is 1.43. The highest BCUT2D eigenvalue weighted by Crippen LogP contribution is 2.43. The summed E-state index contributed by atoms with van der Waals surface area (Å²) in [5, 5.41) is 18.6. The zero-order chi connectivity index (χ0) is 25.8. The van der Waals surface area contributed by atoms with Gasteiger partial charge in [0.25, 0.3) is 0 Å². The van der Waals surface area contributed by atoms with Gasteiger partial charge in [-0.3, -0.25) is 14.6 Å². The highest BCUT2D eigenvalue weighted by Gasteiger charge is 2.41. The molecule has 0 unspecified atom stereocenters. The summed E-state index contributed by atoms with van der Waals surface area (Å²) in [7, 11) is 0. The molecule has 2 aliphatic rings. The van der Waals surface area contributed by atoms with Gasteiger partial charge in [-0.15, -0.1) is 21.5 Å². The van der Waals surface area contributed by atoms with Crippen molar-refractivity contribution in [3.8, 4) is 10.7 Å². The number of hydrogen-bond donors (Lipinski definition) is 3. The van der Waals surface area contributed by atoms with E-state index in [2.05, 4.69) is 36.1 Å². The second-order valence-corrected chi connectivity index (χ2v) is 10.6. The lowest BCUT2D eigenvalue weighted by Crippen LogP contribution is -2.57. The Morgan fingerprint density at radius 3 is 2.81 bits per heavy atom. The van der Waals surface area contributed by atoms with E-state index in [-0.39, 0.29) is 23.0 Å². The third-order valence-corrected chi connectivity index (χ3v) is 8.01. The lowest BCUT2D eigenvalue weighted by Gasteiger charge is -2.41. The van der Waals surface area contributed by atoms with Crippen molar-refractivity contribution in [3.05, 3.63) is 53.0 Å². The SMILES string of the molecule is CC(=O)N1CCN[C@H](C(=O)NCc2cnc(-c3ccc(NCC4(c5ncccc5F)CCC4)nn3)s2)C1. The molecule has 1 atom stereocenters. The fraction of sp³-hybridized carbons (Fsp3) is 0.440. The van der Waals surface area contributed by atoms with E-state index in [0.717, 1.165) is 24.1 Å². The van der Waals surface area contributed by atoms with Gasteiger partial charge in [0.15, 0.2) is 0 Å². The Morgan fingerprint density at radius 1 is 1.24 bits per heavy atom. The summed E-state index contributed by atoms with van der Waals surface area (Å²) in [6.07, 6.45) is 6.15. The van der Waals surface area contributed by atoms with E-state index in [4.69, 9.17) is 0 Å². The van der Waals surface area contributed by atoms with Crippen LogP contribution in [0.15, 0.2) is 36.7 Å². The average Bonchev–Trinajstić information content (AvgIpc) is 3.37. The molecule has 4 heterocycles. The number of aromatic nitrogens is 4. The maximum Gasteiger partial charge on any atom is 0.239 e. The number of carbonyl (C=O) groups is 2. The predicted octanol–water partition coefficient (Wildman–Crippen LogP) is 2.10. The molecule has 194 valence electrons. The zero-order valence-electron chi connectivity index (χ0n) is 20.5. The average molecular weight is 525 g/mol. The first-order valence-corrected chi connectivity index (χ1v) is 13.2. The topological polar surface area (TPSA) is 125 Å². The minimum absolute atomic E-state index is 0.0293. The van der Waals surface area contributed by atoms with E-state index in [1.165, 1.54) is 24.3 Å². The Hall–Kier alpha value is -3.51. The van der Waals surface area contributed by atoms with Gasteiger partial charge < -0.3 is 20.9 Å². The summed E-state index contributed by atoms with van der Waals surface area (Å²) in [5.74, 6) is 0.161. The second-order valence-electron chi connectivity index (χ2n) is 9.45. The highest BCUT2D eigenvalue weighted by molar-refractivity contribution is 7.15. The number of carbonyl (C=O) groups excluding carboxylic acids is 2. The fourth-order valence-corrected chi connectivity index (χ4v) is 5.51. The Morgan fingerprint density at radius 2 is 2.11 bits per heavy atom. The maximum atomic E-state index is 14.3. The molecule has 0 radical (unpaired) electrons. The molecule has 10 nitrogen and oxygen atoms in total. The van der Waals surface area contributed by atoms with Gasteiger partial charge in [0.2, 0.25) is 11.8 Å². The molecule has 3 aromatic rings. The Bertz CT molecular complexity index is 1260. The molecule has 1 aliphatic carbocycles. The van der Waals surface area contributed by atoms with Crippen LogP contribution in [0.5, 0.6) is 0 Å². The van der Waals surface area contributed by atoms with Crippen LogP contribution >= 0.6 is 11.3 Å². The third kappa shape index (κ3) is 5.59. The van der Waals surface area contributed by atoms with E-state index < -0.39 is 6.04 Å². The number of hydrogen-bond acceptors (Lipinski definition) is 9. The lowest BCUT2D eigenvalue weighted by atomic mass is 9.66. The number of anilines is 1. The zero-order valence-corrected chi connectivity index (χ0v) is 21.4. The smallest absolute Gasteiger partial charge is 0.239 e. The standard InChI is InChI=1S/C25H29FN8O2S/c1-16(35)34-11-10-27-20(14-34)23(36)29-12-17-13-30-24(37-17)19-5-6-21(33-32-19)31-15-25(7-3-8-25)22-18(26)4-2-9-28-22/h2,4-6,9,13,20,27H,3,7-8,10-12,14-15H2,1H3,(H,29,36)(H,31,33)/t20-/m0/s1. The van der Waals surface area contributed by atoms with Gasteiger partial charge in [0.1, 0.15) is 28.4 Å². The van der Waals surface area contributed by atoms with Gasteiger partial charge in [-0.25, -0.2) is 9.37 Å². The van der Waals surface area contributed by atoms with Crippen LogP contribution in [0, 0.1) is 5.82 Å². The number of piperazine rings is 1. The summed E-state index contributed by atoms with van der Waals surface area (Å²) < 4.78 is 14.3. The van der Waals surface area contributed by atoms with Gasteiger partial charge >= 0.3 is 0 Å². The van der Waals surface area contributed by atoms with Crippen molar-refractivity contribution in [2.24, 2.45) is 0 Å². The number of nitrogens with zero attached hydrogens (tertiary/aromatic N) is 5. The first-order chi connectivity index (χ1) is 17.9. The largest absolute Gasteiger partial charge is 0.368 e. The van der Waals surface area contributed by atoms with Crippen molar-refractivity contribution < 1.29 is 14.0 Å². The van der Waals surface area contributed by atoms with Gasteiger partial charge in [0.05, 0.1) is 12.2 Å². The number of thiazole rings is 1. The molecule has 0 aromatic carbocycles. The summed E-state index contributed by atoms with van der Waals surface area (Å²) in [4.78, 5) is 35.4. The highest BCUT2D eigenvalue weighted by atomic mass is 32.1. The maximum absolute atomic E-state index is 14.3. The van der Waals surface area contributed by atoms with Crippen LogP contribution in [-0.4, -0.2) is 69.1 Å². The van der Waals surface area contributed by atoms with Crippen molar-refractivity contribution in [1.82, 2.24) is 35.7 Å². The quantitative estimate of drug-likeness (QED) is 0.409. The van der Waals surface area contributed by atoms with Gasteiger partial charge in [-0.05, 0) is 37.1 Å². The minimum atomic E-state index is -0.427. The van der Waals surface area contributed by atoms with Gasteiger partial charge in [-0.1, -0.05) is 6.42 Å².